The van der Waals surface area contributed by atoms with E-state index in [0.717, 1.165) is 13.0 Å². The Labute approximate surface area is 165 Å². The molecule has 158 valence electrons. The van der Waals surface area contributed by atoms with Crippen LogP contribution in [0, 0.1) is 0 Å². The lowest BCUT2D eigenvalue weighted by Gasteiger charge is -2.47. The largest absolute Gasteiger partial charge is 0.473 e. The Hall–Kier alpha value is -0.620. The van der Waals surface area contributed by atoms with Gasteiger partial charge in [-0.15, -0.1) is 0 Å². The molecule has 2 aliphatic rings. The van der Waals surface area contributed by atoms with Gasteiger partial charge in [-0.3, -0.25) is 0 Å². The molecule has 27 heavy (non-hydrogen) atoms. The summed E-state index contributed by atoms with van der Waals surface area (Å²) >= 11 is 0. The van der Waals surface area contributed by atoms with E-state index in [1.165, 1.54) is 44.9 Å². The molecule has 0 N–H and O–H groups in total. The maximum Gasteiger partial charge on any atom is 0.202 e. The molecule has 0 aromatic rings. The second kappa shape index (κ2) is 12.1. The molecule has 2 rings (SSSR count). The van der Waals surface area contributed by atoms with Crippen molar-refractivity contribution >= 4 is 0 Å². The summed E-state index contributed by atoms with van der Waals surface area (Å²) in [5, 5.41) is 0. The summed E-state index contributed by atoms with van der Waals surface area (Å²) in [5.74, 6) is -0.596. The summed E-state index contributed by atoms with van der Waals surface area (Å²) in [6.07, 6.45) is 14.0. The standard InChI is InChI=1S/C22H40O5/c1-5-7-8-9-10-11-12-13-15-23-18-16-20(24-14-6-2)26-19-17-25-22(3,4)27-21(18)19/h6,14,18-21H,5,7-13,15-17H2,1-4H3/b14-6-/t18?,19?,20-,21?/m0/s1. The monoisotopic (exact) mass is 384 g/mol. The van der Waals surface area contributed by atoms with E-state index in [4.69, 9.17) is 23.7 Å². The van der Waals surface area contributed by atoms with Gasteiger partial charge in [-0.1, -0.05) is 57.9 Å². The zero-order chi connectivity index (χ0) is 19.5. The summed E-state index contributed by atoms with van der Waals surface area (Å²) in [4.78, 5) is 0. The first kappa shape index (κ1) is 22.7. The third-order valence-corrected chi connectivity index (χ3v) is 5.20. The van der Waals surface area contributed by atoms with E-state index >= 15 is 0 Å². The number of fused-ring (bicyclic) bond motifs is 1. The quantitative estimate of drug-likeness (QED) is 0.336. The summed E-state index contributed by atoms with van der Waals surface area (Å²) in [6, 6.07) is 0. The van der Waals surface area contributed by atoms with E-state index in [1.807, 2.05) is 26.8 Å². The van der Waals surface area contributed by atoms with Gasteiger partial charge >= 0.3 is 0 Å². The first-order valence-electron chi connectivity index (χ1n) is 10.9. The van der Waals surface area contributed by atoms with E-state index in [0.29, 0.717) is 13.0 Å². The zero-order valence-corrected chi connectivity index (χ0v) is 17.8. The van der Waals surface area contributed by atoms with E-state index in [1.54, 1.807) is 6.26 Å². The summed E-state index contributed by atoms with van der Waals surface area (Å²) < 4.78 is 29.8. The molecular weight excluding hydrogens is 344 g/mol. The number of ether oxygens (including phenoxy) is 5. The molecule has 0 aliphatic carbocycles. The van der Waals surface area contributed by atoms with Crippen molar-refractivity contribution in [2.24, 2.45) is 0 Å². The molecule has 2 fully saturated rings. The molecule has 0 amide bonds. The van der Waals surface area contributed by atoms with Crippen LogP contribution >= 0.6 is 0 Å². The molecule has 0 saturated carbocycles. The summed E-state index contributed by atoms with van der Waals surface area (Å²) in [7, 11) is 0. The molecule has 0 bridgehead atoms. The van der Waals surface area contributed by atoms with Gasteiger partial charge < -0.3 is 23.7 Å². The predicted octanol–water partition coefficient (Wildman–Crippen LogP) is 5.33. The highest BCUT2D eigenvalue weighted by atomic mass is 16.8. The van der Waals surface area contributed by atoms with Crippen molar-refractivity contribution < 1.29 is 23.7 Å². The molecule has 2 aliphatic heterocycles. The summed E-state index contributed by atoms with van der Waals surface area (Å²) in [6.45, 7) is 9.35. The Kier molecular flexibility index (Phi) is 10.1. The van der Waals surface area contributed by atoms with Crippen LogP contribution in [-0.2, 0) is 23.7 Å². The first-order valence-corrected chi connectivity index (χ1v) is 10.9. The lowest BCUT2D eigenvalue weighted by atomic mass is 9.99. The van der Waals surface area contributed by atoms with Crippen LogP contribution in [0.5, 0.6) is 0 Å². The van der Waals surface area contributed by atoms with E-state index in [-0.39, 0.29) is 24.6 Å². The number of hydrogen-bond acceptors (Lipinski definition) is 5. The van der Waals surface area contributed by atoms with Crippen LogP contribution in [0.2, 0.25) is 0 Å². The minimum absolute atomic E-state index is 0.0215. The second-order valence-corrected chi connectivity index (χ2v) is 8.12. The van der Waals surface area contributed by atoms with Crippen LogP contribution in [0.1, 0.15) is 85.5 Å². The molecule has 4 atom stereocenters. The maximum atomic E-state index is 6.24. The van der Waals surface area contributed by atoms with Crippen LogP contribution in [-0.4, -0.2) is 43.6 Å². The molecule has 0 radical (unpaired) electrons. The van der Waals surface area contributed by atoms with Crippen LogP contribution in [0.4, 0.5) is 0 Å². The molecule has 0 aromatic heterocycles. The number of allylic oxidation sites excluding steroid dienone is 1. The molecule has 5 nitrogen and oxygen atoms in total. The van der Waals surface area contributed by atoms with Crippen molar-refractivity contribution in [3.63, 3.8) is 0 Å². The van der Waals surface area contributed by atoms with Crippen molar-refractivity contribution in [3.05, 3.63) is 12.3 Å². The minimum atomic E-state index is -0.596. The number of hydrogen-bond donors (Lipinski definition) is 0. The molecule has 3 unspecified atom stereocenters. The average molecular weight is 385 g/mol. The van der Waals surface area contributed by atoms with Crippen LogP contribution in [0.25, 0.3) is 0 Å². The van der Waals surface area contributed by atoms with E-state index < -0.39 is 5.79 Å². The number of rotatable bonds is 12. The third kappa shape index (κ3) is 8.10. The normalized spacial score (nSPS) is 30.4. The van der Waals surface area contributed by atoms with Gasteiger partial charge in [0.05, 0.1) is 19.0 Å². The van der Waals surface area contributed by atoms with E-state index in [9.17, 15) is 0 Å². The Morgan fingerprint density at radius 1 is 1.04 bits per heavy atom. The Balaban J connectivity index is 1.73. The van der Waals surface area contributed by atoms with Gasteiger partial charge in [0.2, 0.25) is 6.29 Å². The van der Waals surface area contributed by atoms with Gasteiger partial charge in [0.15, 0.2) is 5.79 Å². The predicted molar refractivity (Wildman–Crippen MR) is 106 cm³/mol. The lowest BCUT2D eigenvalue weighted by molar-refractivity contribution is -0.363. The Morgan fingerprint density at radius 2 is 1.74 bits per heavy atom. The molecule has 0 spiro atoms. The zero-order valence-electron chi connectivity index (χ0n) is 17.8. The fraction of sp³-hybridized carbons (Fsp3) is 0.909. The lowest BCUT2D eigenvalue weighted by Crippen LogP contribution is -2.59. The fourth-order valence-corrected chi connectivity index (χ4v) is 3.71. The third-order valence-electron chi connectivity index (χ3n) is 5.20. The van der Waals surface area contributed by atoms with Gasteiger partial charge in [-0.25, -0.2) is 0 Å². The minimum Gasteiger partial charge on any atom is -0.473 e. The highest BCUT2D eigenvalue weighted by molar-refractivity contribution is 4.90. The van der Waals surface area contributed by atoms with Gasteiger partial charge in [0, 0.05) is 13.0 Å². The van der Waals surface area contributed by atoms with Crippen molar-refractivity contribution in [3.8, 4) is 0 Å². The van der Waals surface area contributed by atoms with Crippen molar-refractivity contribution in [1.29, 1.82) is 0 Å². The van der Waals surface area contributed by atoms with Crippen molar-refractivity contribution in [1.82, 2.24) is 0 Å². The first-order chi connectivity index (χ1) is 13.1. The smallest absolute Gasteiger partial charge is 0.202 e. The average Bonchev–Trinajstić information content (AvgIpc) is 2.64. The highest BCUT2D eigenvalue weighted by Crippen LogP contribution is 2.34. The van der Waals surface area contributed by atoms with Gasteiger partial charge in [0.1, 0.15) is 12.2 Å². The van der Waals surface area contributed by atoms with Gasteiger partial charge in [-0.2, -0.15) is 0 Å². The van der Waals surface area contributed by atoms with Gasteiger partial charge in [-0.05, 0) is 27.2 Å². The van der Waals surface area contributed by atoms with Crippen LogP contribution < -0.4 is 0 Å². The molecule has 5 heteroatoms. The second-order valence-electron chi connectivity index (χ2n) is 8.12. The van der Waals surface area contributed by atoms with Crippen molar-refractivity contribution in [2.45, 2.75) is 116 Å². The molecular formula is C22H40O5. The Morgan fingerprint density at radius 3 is 2.44 bits per heavy atom. The molecule has 2 heterocycles. The van der Waals surface area contributed by atoms with Crippen LogP contribution in [0.15, 0.2) is 12.3 Å². The SMILES string of the molecule is C/C=C\O[C@@H]1CC(OCCCCCCCCCC)C2OC(C)(C)OCC2O1. The van der Waals surface area contributed by atoms with Gasteiger partial charge in [0.25, 0.3) is 0 Å². The number of unbranched alkanes of at least 4 members (excludes halogenated alkanes) is 7. The maximum absolute atomic E-state index is 6.24. The molecule has 0 aromatic carbocycles. The Bertz CT molecular complexity index is 423. The van der Waals surface area contributed by atoms with E-state index in [2.05, 4.69) is 6.92 Å². The van der Waals surface area contributed by atoms with Crippen LogP contribution in [0.3, 0.4) is 0 Å². The molecule has 2 saturated heterocycles. The van der Waals surface area contributed by atoms with Crippen molar-refractivity contribution in [2.75, 3.05) is 13.2 Å². The summed E-state index contributed by atoms with van der Waals surface area (Å²) in [5.41, 5.74) is 0. The topological polar surface area (TPSA) is 46.2 Å². The fourth-order valence-electron chi connectivity index (χ4n) is 3.71. The highest BCUT2D eigenvalue weighted by Gasteiger charge is 2.47.